The van der Waals surface area contributed by atoms with E-state index in [0.29, 0.717) is 17.5 Å². The number of hydrogen-bond acceptors (Lipinski definition) is 5. The van der Waals surface area contributed by atoms with Gasteiger partial charge in [0.15, 0.2) is 17.5 Å². The minimum absolute atomic E-state index is 0.115. The van der Waals surface area contributed by atoms with Gasteiger partial charge in [0, 0.05) is 43.7 Å². The molecule has 7 aromatic carbocycles. The third kappa shape index (κ3) is 4.58. The molecule has 0 saturated heterocycles. The molecule has 1 saturated carbocycles. The lowest BCUT2D eigenvalue weighted by atomic mass is 9.68. The van der Waals surface area contributed by atoms with Crippen LogP contribution < -0.4 is 0 Å². The van der Waals surface area contributed by atoms with Crippen LogP contribution in [0.1, 0.15) is 43.2 Å². The van der Waals surface area contributed by atoms with Gasteiger partial charge in [-0.2, -0.15) is 0 Å². The van der Waals surface area contributed by atoms with Crippen LogP contribution in [-0.4, -0.2) is 15.0 Å². The molecule has 1 spiro atoms. The highest BCUT2D eigenvalue weighted by atomic mass is 16.3. The van der Waals surface area contributed by atoms with Crippen molar-refractivity contribution in [1.82, 2.24) is 15.0 Å². The van der Waals surface area contributed by atoms with Crippen molar-refractivity contribution >= 4 is 43.9 Å². The van der Waals surface area contributed by atoms with E-state index < -0.39 is 0 Å². The first-order valence-electron chi connectivity index (χ1n) is 19.7. The van der Waals surface area contributed by atoms with Gasteiger partial charge in [-0.15, -0.1) is 0 Å². The minimum Gasteiger partial charge on any atom is -0.456 e. The summed E-state index contributed by atoms with van der Waals surface area (Å²) in [4.78, 5) is 15.7. The standard InChI is InChI=1S/C51H35N3O2/c1-8-29-51(30-9-1)39-19-5-2-13-34(39)45-33(16-10-20-40(45)51)31-25-27-32(28-26-31)48-52-49(37-17-11-23-43-46(37)35-14-3-6-21-41(35)55-43)54-50(53-48)38-18-12-24-44-47(38)36-15-4-7-22-42(36)56-44/h2-7,10-28H,1,8-9,29-30H2. The first-order chi connectivity index (χ1) is 27.7. The number of hydrogen-bond donors (Lipinski definition) is 0. The maximum atomic E-state index is 6.30. The fraction of sp³-hybridized carbons (Fsp3) is 0.118. The Morgan fingerprint density at radius 1 is 0.375 bits per heavy atom. The van der Waals surface area contributed by atoms with Crippen LogP contribution in [0.5, 0.6) is 0 Å². The molecule has 0 atom stereocenters. The molecule has 10 aromatic rings. The van der Waals surface area contributed by atoms with Gasteiger partial charge in [-0.3, -0.25) is 0 Å². The van der Waals surface area contributed by atoms with Gasteiger partial charge < -0.3 is 8.83 Å². The number of aromatic nitrogens is 3. The summed E-state index contributed by atoms with van der Waals surface area (Å²) in [5.41, 5.74) is 14.3. The normalized spacial score (nSPS) is 14.6. The van der Waals surface area contributed by atoms with Crippen LogP contribution in [0.25, 0.3) is 100 Å². The molecule has 0 N–H and O–H groups in total. The predicted molar refractivity (Wildman–Crippen MR) is 225 cm³/mol. The summed E-state index contributed by atoms with van der Waals surface area (Å²) in [7, 11) is 0. The average molecular weight is 722 g/mol. The molecule has 1 fully saturated rings. The molecule has 0 unspecified atom stereocenters. The van der Waals surface area contributed by atoms with E-state index in [1.165, 1.54) is 65.5 Å². The van der Waals surface area contributed by atoms with Crippen molar-refractivity contribution in [2.75, 3.05) is 0 Å². The highest BCUT2D eigenvalue weighted by Crippen LogP contribution is 2.57. The molecule has 0 radical (unpaired) electrons. The van der Waals surface area contributed by atoms with E-state index >= 15 is 0 Å². The Balaban J connectivity index is 1.04. The summed E-state index contributed by atoms with van der Waals surface area (Å²) in [5, 5.41) is 4.03. The van der Waals surface area contributed by atoms with E-state index in [0.717, 1.165) is 60.6 Å². The van der Waals surface area contributed by atoms with E-state index in [1.807, 2.05) is 60.7 Å². The van der Waals surface area contributed by atoms with Gasteiger partial charge in [-0.05, 0) is 70.5 Å². The van der Waals surface area contributed by atoms with Gasteiger partial charge in [0.25, 0.3) is 0 Å². The fourth-order valence-electron chi connectivity index (χ4n) is 9.91. The third-order valence-corrected chi connectivity index (χ3v) is 12.4. The van der Waals surface area contributed by atoms with Crippen LogP contribution in [0, 0.1) is 0 Å². The van der Waals surface area contributed by atoms with Gasteiger partial charge in [0.05, 0.1) is 0 Å². The van der Waals surface area contributed by atoms with E-state index in [2.05, 4.69) is 91.0 Å². The molecule has 3 heterocycles. The number of nitrogens with zero attached hydrogens (tertiary/aromatic N) is 3. The highest BCUT2D eigenvalue weighted by Gasteiger charge is 2.44. The summed E-state index contributed by atoms with van der Waals surface area (Å²) < 4.78 is 12.6. The van der Waals surface area contributed by atoms with E-state index in [1.54, 1.807) is 0 Å². The van der Waals surface area contributed by atoms with Gasteiger partial charge in [0.2, 0.25) is 0 Å². The second-order valence-electron chi connectivity index (χ2n) is 15.4. The molecule has 0 amide bonds. The van der Waals surface area contributed by atoms with Crippen molar-refractivity contribution in [3.05, 3.63) is 163 Å². The smallest absolute Gasteiger partial charge is 0.164 e. The first kappa shape index (κ1) is 31.5. The molecule has 0 bridgehead atoms. The number of para-hydroxylation sites is 2. The molecule has 2 aliphatic rings. The largest absolute Gasteiger partial charge is 0.456 e. The van der Waals surface area contributed by atoms with Crippen molar-refractivity contribution in [3.63, 3.8) is 0 Å². The van der Waals surface area contributed by atoms with Crippen molar-refractivity contribution in [2.45, 2.75) is 37.5 Å². The van der Waals surface area contributed by atoms with Crippen molar-refractivity contribution in [3.8, 4) is 56.4 Å². The lowest BCUT2D eigenvalue weighted by Crippen LogP contribution is -2.27. The molecule has 266 valence electrons. The monoisotopic (exact) mass is 721 g/mol. The van der Waals surface area contributed by atoms with Crippen LogP contribution in [-0.2, 0) is 5.41 Å². The minimum atomic E-state index is 0.115. The number of benzene rings is 7. The first-order valence-corrected chi connectivity index (χ1v) is 19.7. The van der Waals surface area contributed by atoms with Gasteiger partial charge in [-0.25, -0.2) is 15.0 Å². The lowest BCUT2D eigenvalue weighted by Gasteiger charge is -2.36. The molecule has 2 aliphatic carbocycles. The van der Waals surface area contributed by atoms with Crippen LogP contribution in [0.4, 0.5) is 0 Å². The maximum absolute atomic E-state index is 6.30. The Hall–Kier alpha value is -6.85. The molecule has 0 aliphatic heterocycles. The number of fused-ring (bicyclic) bond motifs is 11. The van der Waals surface area contributed by atoms with E-state index in [-0.39, 0.29) is 5.41 Å². The molecule has 12 rings (SSSR count). The Bertz CT molecular complexity index is 3050. The topological polar surface area (TPSA) is 65.0 Å². The highest BCUT2D eigenvalue weighted by molar-refractivity contribution is 6.13. The zero-order valence-electron chi connectivity index (χ0n) is 30.6. The summed E-state index contributed by atoms with van der Waals surface area (Å²) in [5.74, 6) is 1.79. The molecule has 5 nitrogen and oxygen atoms in total. The van der Waals surface area contributed by atoms with Crippen molar-refractivity contribution < 1.29 is 8.83 Å². The predicted octanol–water partition coefficient (Wildman–Crippen LogP) is 13.6. The summed E-state index contributed by atoms with van der Waals surface area (Å²) >= 11 is 0. The van der Waals surface area contributed by atoms with Crippen molar-refractivity contribution in [1.29, 1.82) is 0 Å². The zero-order chi connectivity index (χ0) is 36.8. The second kappa shape index (κ2) is 12.1. The maximum Gasteiger partial charge on any atom is 0.164 e. The second-order valence-corrected chi connectivity index (χ2v) is 15.4. The van der Waals surface area contributed by atoms with E-state index in [9.17, 15) is 0 Å². The number of furan rings is 2. The van der Waals surface area contributed by atoms with E-state index in [4.69, 9.17) is 23.8 Å². The Morgan fingerprint density at radius 3 is 1.52 bits per heavy atom. The number of rotatable bonds is 4. The molecular weight excluding hydrogens is 687 g/mol. The van der Waals surface area contributed by atoms with Crippen molar-refractivity contribution in [2.24, 2.45) is 0 Å². The third-order valence-electron chi connectivity index (χ3n) is 12.4. The summed E-state index contributed by atoms with van der Waals surface area (Å²) in [6.07, 6.45) is 6.31. The average Bonchev–Trinajstić information content (AvgIpc) is 3.92. The van der Waals surface area contributed by atoms with Crippen LogP contribution in [0.15, 0.2) is 160 Å². The van der Waals surface area contributed by atoms with Gasteiger partial charge in [0.1, 0.15) is 22.3 Å². The van der Waals surface area contributed by atoms with Gasteiger partial charge in [-0.1, -0.05) is 147 Å². The van der Waals surface area contributed by atoms with Crippen LogP contribution in [0.3, 0.4) is 0 Å². The van der Waals surface area contributed by atoms with Crippen LogP contribution >= 0.6 is 0 Å². The fourth-order valence-corrected chi connectivity index (χ4v) is 9.91. The SMILES string of the molecule is c1ccc2c(c1)-c1c(-c3ccc(-c4nc(-c5cccc6oc7ccccc7c56)nc(-c5cccc6oc7ccccc7c56)n4)cc3)cccc1C21CCCCC1. The molecule has 5 heteroatoms. The Morgan fingerprint density at radius 2 is 0.857 bits per heavy atom. The Kier molecular flexibility index (Phi) is 6.79. The Labute approximate surface area is 323 Å². The summed E-state index contributed by atoms with van der Waals surface area (Å²) in [6, 6.07) is 53.3. The molecular formula is C51H35N3O2. The molecule has 56 heavy (non-hydrogen) atoms. The van der Waals surface area contributed by atoms with Crippen LogP contribution in [0.2, 0.25) is 0 Å². The van der Waals surface area contributed by atoms with Gasteiger partial charge >= 0.3 is 0 Å². The lowest BCUT2D eigenvalue weighted by molar-refractivity contribution is 0.353. The zero-order valence-corrected chi connectivity index (χ0v) is 30.6. The summed E-state index contributed by atoms with van der Waals surface area (Å²) in [6.45, 7) is 0. The quantitative estimate of drug-likeness (QED) is 0.181. The molecule has 3 aromatic heterocycles.